The summed E-state index contributed by atoms with van der Waals surface area (Å²) in [7, 11) is 3.80. The Kier molecular flexibility index (Phi) is 4.05. The van der Waals surface area contributed by atoms with Crippen molar-refractivity contribution >= 4 is 11.7 Å². The van der Waals surface area contributed by atoms with E-state index in [0.29, 0.717) is 18.7 Å². The van der Waals surface area contributed by atoms with Crippen LogP contribution in [-0.2, 0) is 0 Å². The van der Waals surface area contributed by atoms with E-state index in [1.54, 1.807) is 18.3 Å². The first-order valence-corrected chi connectivity index (χ1v) is 4.77. The minimum atomic E-state index is -0.141. The van der Waals surface area contributed by atoms with Gasteiger partial charge in [0.25, 0.3) is 5.91 Å². The van der Waals surface area contributed by atoms with Gasteiger partial charge in [-0.2, -0.15) is 0 Å². The van der Waals surface area contributed by atoms with Crippen LogP contribution in [0.4, 0.5) is 5.82 Å². The van der Waals surface area contributed by atoms with E-state index in [-0.39, 0.29) is 5.91 Å². The molecule has 3 N–H and O–H groups in total. The second-order valence-electron chi connectivity index (χ2n) is 3.34. The number of carbonyl (C=O) groups excluding carboxylic acids is 1. The quantitative estimate of drug-likeness (QED) is 0.721. The standard InChI is InChI=1S/C10H16N4O/c1-14(2)9-4-3-8(7-13-9)10(15)12-6-5-11/h3-4,7H,5-6,11H2,1-2H3,(H,12,15). The molecule has 0 aliphatic rings. The lowest BCUT2D eigenvalue weighted by atomic mass is 10.2. The SMILES string of the molecule is CN(C)c1ccc(C(=O)NCCN)cn1. The molecule has 5 heteroatoms. The number of aromatic nitrogens is 1. The zero-order chi connectivity index (χ0) is 11.3. The molecule has 15 heavy (non-hydrogen) atoms. The fourth-order valence-corrected chi connectivity index (χ4v) is 1.07. The molecule has 0 fully saturated rings. The van der Waals surface area contributed by atoms with Crippen LogP contribution in [0.2, 0.25) is 0 Å². The van der Waals surface area contributed by atoms with Gasteiger partial charge in [0.1, 0.15) is 5.82 Å². The van der Waals surface area contributed by atoms with Crippen LogP contribution in [0.1, 0.15) is 10.4 Å². The zero-order valence-electron chi connectivity index (χ0n) is 9.03. The summed E-state index contributed by atoms with van der Waals surface area (Å²) in [6, 6.07) is 3.55. The largest absolute Gasteiger partial charge is 0.363 e. The Bertz CT molecular complexity index is 321. The third-order valence-electron chi connectivity index (χ3n) is 1.90. The number of carbonyl (C=O) groups is 1. The third-order valence-corrected chi connectivity index (χ3v) is 1.90. The monoisotopic (exact) mass is 208 g/mol. The van der Waals surface area contributed by atoms with Crippen molar-refractivity contribution in [3.8, 4) is 0 Å². The maximum Gasteiger partial charge on any atom is 0.252 e. The molecule has 0 atom stereocenters. The minimum Gasteiger partial charge on any atom is -0.363 e. The van der Waals surface area contributed by atoms with Crippen molar-refractivity contribution in [3.63, 3.8) is 0 Å². The molecule has 5 nitrogen and oxygen atoms in total. The molecule has 1 aromatic rings. The van der Waals surface area contributed by atoms with E-state index in [2.05, 4.69) is 10.3 Å². The van der Waals surface area contributed by atoms with Crippen molar-refractivity contribution in [1.82, 2.24) is 10.3 Å². The van der Waals surface area contributed by atoms with E-state index in [1.165, 1.54) is 0 Å². The van der Waals surface area contributed by atoms with Crippen molar-refractivity contribution in [2.24, 2.45) is 5.73 Å². The van der Waals surface area contributed by atoms with Gasteiger partial charge in [-0.1, -0.05) is 0 Å². The molecule has 0 radical (unpaired) electrons. The molecule has 0 spiro atoms. The van der Waals surface area contributed by atoms with Gasteiger partial charge in [-0.15, -0.1) is 0 Å². The van der Waals surface area contributed by atoms with Gasteiger partial charge in [0.05, 0.1) is 5.56 Å². The van der Waals surface area contributed by atoms with Crippen LogP contribution in [0.3, 0.4) is 0 Å². The number of nitrogens with zero attached hydrogens (tertiary/aromatic N) is 2. The van der Waals surface area contributed by atoms with Crippen LogP contribution in [0, 0.1) is 0 Å². The van der Waals surface area contributed by atoms with Crippen molar-refractivity contribution in [2.45, 2.75) is 0 Å². The molecule has 0 saturated heterocycles. The molecule has 0 unspecified atom stereocenters. The van der Waals surface area contributed by atoms with Gasteiger partial charge in [0.2, 0.25) is 0 Å². The molecule has 0 aliphatic carbocycles. The fraction of sp³-hybridized carbons (Fsp3) is 0.400. The minimum absolute atomic E-state index is 0.141. The molecular weight excluding hydrogens is 192 g/mol. The predicted molar refractivity (Wildman–Crippen MR) is 60.0 cm³/mol. The number of rotatable bonds is 4. The first kappa shape index (κ1) is 11.5. The fourth-order valence-electron chi connectivity index (χ4n) is 1.07. The molecule has 0 aromatic carbocycles. The summed E-state index contributed by atoms with van der Waals surface area (Å²) >= 11 is 0. The average molecular weight is 208 g/mol. The highest BCUT2D eigenvalue weighted by Crippen LogP contribution is 2.07. The summed E-state index contributed by atoms with van der Waals surface area (Å²) in [6.45, 7) is 0.920. The molecule has 1 amide bonds. The number of nitrogens with one attached hydrogen (secondary N) is 1. The van der Waals surface area contributed by atoms with Gasteiger partial charge < -0.3 is 16.0 Å². The highest BCUT2D eigenvalue weighted by molar-refractivity contribution is 5.94. The lowest BCUT2D eigenvalue weighted by Crippen LogP contribution is -2.29. The maximum atomic E-state index is 11.5. The van der Waals surface area contributed by atoms with Crippen molar-refractivity contribution in [3.05, 3.63) is 23.9 Å². The number of amides is 1. The van der Waals surface area contributed by atoms with Gasteiger partial charge in [0.15, 0.2) is 0 Å². The van der Waals surface area contributed by atoms with E-state index >= 15 is 0 Å². The molecule has 1 rings (SSSR count). The van der Waals surface area contributed by atoms with Crippen molar-refractivity contribution in [1.29, 1.82) is 0 Å². The van der Waals surface area contributed by atoms with Crippen LogP contribution in [0.5, 0.6) is 0 Å². The van der Waals surface area contributed by atoms with Gasteiger partial charge in [-0.25, -0.2) is 4.98 Å². The second kappa shape index (κ2) is 5.31. The molecule has 0 bridgehead atoms. The Morgan fingerprint density at radius 1 is 1.53 bits per heavy atom. The van der Waals surface area contributed by atoms with Crippen LogP contribution in [0.25, 0.3) is 0 Å². The molecule has 82 valence electrons. The van der Waals surface area contributed by atoms with Crippen LogP contribution in [0.15, 0.2) is 18.3 Å². The van der Waals surface area contributed by atoms with E-state index < -0.39 is 0 Å². The van der Waals surface area contributed by atoms with Gasteiger partial charge in [0, 0.05) is 33.4 Å². The number of hydrogen-bond acceptors (Lipinski definition) is 4. The molecule has 0 saturated carbocycles. The summed E-state index contributed by atoms with van der Waals surface area (Å²) in [5, 5.41) is 2.68. The molecule has 0 aliphatic heterocycles. The van der Waals surface area contributed by atoms with E-state index in [9.17, 15) is 4.79 Å². The van der Waals surface area contributed by atoms with Crippen LogP contribution in [-0.4, -0.2) is 38.1 Å². The van der Waals surface area contributed by atoms with Gasteiger partial charge in [-0.05, 0) is 12.1 Å². The Hall–Kier alpha value is -1.62. The van der Waals surface area contributed by atoms with Crippen LogP contribution >= 0.6 is 0 Å². The number of anilines is 1. The average Bonchev–Trinajstić information content (AvgIpc) is 2.26. The number of nitrogens with two attached hydrogens (primary N) is 1. The molecule has 1 aromatic heterocycles. The maximum absolute atomic E-state index is 11.5. The summed E-state index contributed by atoms with van der Waals surface area (Å²) in [4.78, 5) is 17.5. The van der Waals surface area contributed by atoms with Crippen molar-refractivity contribution in [2.75, 3.05) is 32.1 Å². The number of pyridine rings is 1. The predicted octanol–water partition coefficient (Wildman–Crippen LogP) is -0.164. The van der Waals surface area contributed by atoms with E-state index in [4.69, 9.17) is 5.73 Å². The zero-order valence-corrected chi connectivity index (χ0v) is 9.03. The Morgan fingerprint density at radius 3 is 2.73 bits per heavy atom. The highest BCUT2D eigenvalue weighted by atomic mass is 16.1. The number of hydrogen-bond donors (Lipinski definition) is 2. The Balaban J connectivity index is 2.67. The lowest BCUT2D eigenvalue weighted by molar-refractivity contribution is 0.0954. The molecular formula is C10H16N4O. The lowest BCUT2D eigenvalue weighted by Gasteiger charge is -2.11. The van der Waals surface area contributed by atoms with Gasteiger partial charge >= 0.3 is 0 Å². The van der Waals surface area contributed by atoms with E-state index in [1.807, 2.05) is 19.0 Å². The first-order valence-electron chi connectivity index (χ1n) is 4.77. The van der Waals surface area contributed by atoms with E-state index in [0.717, 1.165) is 5.82 Å². The summed E-state index contributed by atoms with van der Waals surface area (Å²) in [5.41, 5.74) is 5.83. The normalized spacial score (nSPS) is 9.80. The summed E-state index contributed by atoms with van der Waals surface area (Å²) < 4.78 is 0. The second-order valence-corrected chi connectivity index (χ2v) is 3.34. The van der Waals surface area contributed by atoms with Crippen molar-refractivity contribution < 1.29 is 4.79 Å². The smallest absolute Gasteiger partial charge is 0.252 e. The Morgan fingerprint density at radius 2 is 2.27 bits per heavy atom. The third kappa shape index (κ3) is 3.21. The first-order chi connectivity index (χ1) is 7.15. The van der Waals surface area contributed by atoms with Crippen LogP contribution < -0.4 is 16.0 Å². The highest BCUT2D eigenvalue weighted by Gasteiger charge is 2.05. The summed E-state index contributed by atoms with van der Waals surface area (Å²) in [6.07, 6.45) is 1.56. The Labute approximate surface area is 89.3 Å². The van der Waals surface area contributed by atoms with Gasteiger partial charge in [-0.3, -0.25) is 4.79 Å². The summed E-state index contributed by atoms with van der Waals surface area (Å²) in [5.74, 6) is 0.684. The topological polar surface area (TPSA) is 71.2 Å². The molecule has 1 heterocycles.